The normalized spacial score (nSPS) is 13.1. The Morgan fingerprint density at radius 2 is 2.12 bits per heavy atom. The van der Waals surface area contributed by atoms with E-state index in [1.807, 2.05) is 12.3 Å². The Kier molecular flexibility index (Phi) is 6.69. The van der Waals surface area contributed by atoms with Gasteiger partial charge in [-0.15, -0.1) is 12.4 Å². The first kappa shape index (κ1) is 23.9. The van der Waals surface area contributed by atoms with Crippen molar-refractivity contribution < 1.29 is 22.4 Å². The minimum atomic E-state index is -3.98. The second-order valence-electron chi connectivity index (χ2n) is 7.71. The van der Waals surface area contributed by atoms with E-state index >= 15 is 0 Å². The Bertz CT molecular complexity index is 1430. The zero-order valence-corrected chi connectivity index (χ0v) is 20.0. The van der Waals surface area contributed by atoms with Crippen molar-refractivity contribution in [2.75, 3.05) is 18.4 Å². The van der Waals surface area contributed by atoms with Crippen LogP contribution in [0.2, 0.25) is 0 Å². The highest BCUT2D eigenvalue weighted by Gasteiger charge is 2.27. The molecule has 0 atom stereocenters. The number of aromatic nitrogens is 3. The summed E-state index contributed by atoms with van der Waals surface area (Å²) >= 11 is 0. The van der Waals surface area contributed by atoms with Crippen LogP contribution < -0.4 is 19.9 Å². The molecule has 12 heteroatoms. The summed E-state index contributed by atoms with van der Waals surface area (Å²) in [6, 6.07) is 8.23. The molecule has 180 valence electrons. The van der Waals surface area contributed by atoms with Gasteiger partial charge in [0, 0.05) is 23.9 Å². The van der Waals surface area contributed by atoms with Gasteiger partial charge >= 0.3 is 0 Å². The van der Waals surface area contributed by atoms with Crippen LogP contribution in [0.15, 0.2) is 52.1 Å². The van der Waals surface area contributed by atoms with Gasteiger partial charge in [-0.05, 0) is 36.6 Å². The smallest absolute Gasteiger partial charge is 0.266 e. The lowest BCUT2D eigenvalue weighted by Crippen LogP contribution is -2.16. The van der Waals surface area contributed by atoms with Gasteiger partial charge in [-0.2, -0.15) is 5.10 Å². The first-order chi connectivity index (χ1) is 16.0. The summed E-state index contributed by atoms with van der Waals surface area (Å²) in [5.74, 6) is 0.887. The molecule has 2 aromatic carbocycles. The van der Waals surface area contributed by atoms with Gasteiger partial charge in [0.1, 0.15) is 21.8 Å². The van der Waals surface area contributed by atoms with Gasteiger partial charge in [0.2, 0.25) is 0 Å². The minimum Gasteiger partial charge on any atom is -0.495 e. The van der Waals surface area contributed by atoms with Crippen LogP contribution in [0.25, 0.3) is 11.0 Å². The Morgan fingerprint density at radius 1 is 1.29 bits per heavy atom. The summed E-state index contributed by atoms with van der Waals surface area (Å²) in [6.45, 7) is 1.44. The van der Waals surface area contributed by atoms with E-state index in [-0.39, 0.29) is 28.9 Å². The lowest BCUT2D eigenvalue weighted by molar-refractivity contribution is 0.291. The standard InChI is InChI=1S/C22H23N5O5S.ClH/c1-30-17-6-2-3-7-19(17)33(28,29)26-22-20-18(32-25-22)9-15(16-5-4-8-31-21(16)20)13-27-12-14(10-23)11-24-27;/h2-3,6-7,9,11-12H,4-5,8,10,13,23H2,1H3,(H,25,26);1H. The monoisotopic (exact) mass is 505 g/mol. The van der Waals surface area contributed by atoms with Gasteiger partial charge in [0.05, 0.1) is 26.5 Å². The third kappa shape index (κ3) is 4.29. The van der Waals surface area contributed by atoms with Crippen molar-refractivity contribution >= 4 is 39.2 Å². The maximum atomic E-state index is 13.1. The van der Waals surface area contributed by atoms with E-state index in [4.69, 9.17) is 19.7 Å². The van der Waals surface area contributed by atoms with E-state index in [2.05, 4.69) is 15.0 Å². The highest BCUT2D eigenvalue weighted by atomic mass is 35.5. The minimum absolute atomic E-state index is 0. The van der Waals surface area contributed by atoms with E-state index in [0.717, 1.165) is 29.5 Å². The SMILES string of the molecule is COc1ccccc1S(=O)(=O)Nc1noc2cc(Cn3cc(CN)cn3)c3c(c12)OCCC3.Cl. The number of sulfonamides is 1. The number of hydrogen-bond donors (Lipinski definition) is 2. The summed E-state index contributed by atoms with van der Waals surface area (Å²) in [7, 11) is -2.56. The van der Waals surface area contributed by atoms with E-state index in [1.165, 1.54) is 13.2 Å². The van der Waals surface area contributed by atoms with Crippen molar-refractivity contribution in [2.45, 2.75) is 30.8 Å². The molecule has 1 aliphatic heterocycles. The molecule has 0 saturated heterocycles. The van der Waals surface area contributed by atoms with Crippen molar-refractivity contribution in [1.29, 1.82) is 0 Å². The van der Waals surface area contributed by atoms with Crippen molar-refractivity contribution in [3.63, 3.8) is 0 Å². The number of nitrogens with two attached hydrogens (primary N) is 1. The van der Waals surface area contributed by atoms with E-state index < -0.39 is 10.0 Å². The number of anilines is 1. The van der Waals surface area contributed by atoms with Crippen LogP contribution in [0, 0.1) is 0 Å². The fraction of sp³-hybridized carbons (Fsp3) is 0.273. The fourth-order valence-electron chi connectivity index (χ4n) is 4.03. The van der Waals surface area contributed by atoms with Crippen molar-refractivity contribution in [1.82, 2.24) is 14.9 Å². The zero-order valence-electron chi connectivity index (χ0n) is 18.4. The third-order valence-corrected chi connectivity index (χ3v) is 6.95. The van der Waals surface area contributed by atoms with Crippen LogP contribution >= 0.6 is 12.4 Å². The van der Waals surface area contributed by atoms with Gasteiger partial charge in [-0.25, -0.2) is 8.42 Å². The quantitative estimate of drug-likeness (QED) is 0.391. The maximum absolute atomic E-state index is 13.1. The molecule has 3 N–H and O–H groups in total. The first-order valence-corrected chi connectivity index (χ1v) is 11.9. The maximum Gasteiger partial charge on any atom is 0.266 e. The second kappa shape index (κ2) is 9.53. The van der Waals surface area contributed by atoms with Gasteiger partial charge in [-0.3, -0.25) is 9.40 Å². The molecule has 5 rings (SSSR count). The Balaban J connectivity index is 0.00000274. The number of rotatable bonds is 7. The molecule has 4 aromatic rings. The molecule has 0 saturated carbocycles. The van der Waals surface area contributed by atoms with Crippen molar-refractivity contribution in [2.24, 2.45) is 5.73 Å². The van der Waals surface area contributed by atoms with E-state index in [0.29, 0.717) is 36.4 Å². The molecule has 10 nitrogen and oxygen atoms in total. The van der Waals surface area contributed by atoms with Gasteiger partial charge in [0.15, 0.2) is 11.4 Å². The number of fused-ring (bicyclic) bond motifs is 3. The highest BCUT2D eigenvalue weighted by molar-refractivity contribution is 7.92. The van der Waals surface area contributed by atoms with Crippen molar-refractivity contribution in [3.05, 3.63) is 59.4 Å². The second-order valence-corrected chi connectivity index (χ2v) is 9.36. The Labute approximate surface area is 202 Å². The van der Waals surface area contributed by atoms with Gasteiger partial charge < -0.3 is 19.7 Å². The number of ether oxygens (including phenoxy) is 2. The molecular formula is C22H24ClN5O5S. The topological polar surface area (TPSA) is 134 Å². The molecule has 3 heterocycles. The van der Waals surface area contributed by atoms with Crippen LogP contribution in [0.5, 0.6) is 11.5 Å². The Morgan fingerprint density at radius 3 is 2.88 bits per heavy atom. The molecule has 0 aliphatic carbocycles. The summed E-state index contributed by atoms with van der Waals surface area (Å²) < 4.78 is 47.3. The number of halogens is 1. The lowest BCUT2D eigenvalue weighted by Gasteiger charge is -2.21. The van der Waals surface area contributed by atoms with Gasteiger partial charge in [-0.1, -0.05) is 17.3 Å². The highest BCUT2D eigenvalue weighted by Crippen LogP contribution is 2.41. The molecule has 0 unspecified atom stereocenters. The third-order valence-electron chi connectivity index (χ3n) is 5.57. The van der Waals surface area contributed by atoms with Gasteiger partial charge in [0.25, 0.3) is 10.0 Å². The van der Waals surface area contributed by atoms with E-state index in [9.17, 15) is 8.42 Å². The molecule has 0 fully saturated rings. The van der Waals surface area contributed by atoms with Crippen molar-refractivity contribution in [3.8, 4) is 11.5 Å². The number of para-hydroxylation sites is 1. The molecule has 34 heavy (non-hydrogen) atoms. The van der Waals surface area contributed by atoms with Crippen LogP contribution in [0.4, 0.5) is 5.82 Å². The number of nitrogens with one attached hydrogen (secondary N) is 1. The average Bonchev–Trinajstić information content (AvgIpc) is 3.45. The first-order valence-electron chi connectivity index (χ1n) is 10.4. The van der Waals surface area contributed by atoms with Crippen LogP contribution in [0.3, 0.4) is 0 Å². The van der Waals surface area contributed by atoms with E-state index in [1.54, 1.807) is 29.1 Å². The fourth-order valence-corrected chi connectivity index (χ4v) is 5.20. The number of methoxy groups -OCH3 is 1. The number of nitrogens with zero attached hydrogens (tertiary/aromatic N) is 3. The van der Waals surface area contributed by atoms with Crippen LogP contribution in [-0.4, -0.2) is 37.1 Å². The zero-order chi connectivity index (χ0) is 23.0. The summed E-state index contributed by atoms with van der Waals surface area (Å²) in [5.41, 5.74) is 9.02. The predicted octanol–water partition coefficient (Wildman–Crippen LogP) is 3.09. The predicted molar refractivity (Wildman–Crippen MR) is 128 cm³/mol. The summed E-state index contributed by atoms with van der Waals surface area (Å²) in [5, 5.41) is 8.87. The van der Waals surface area contributed by atoms with Crippen LogP contribution in [0.1, 0.15) is 23.1 Å². The summed E-state index contributed by atoms with van der Waals surface area (Å²) in [6.07, 6.45) is 5.27. The summed E-state index contributed by atoms with van der Waals surface area (Å²) in [4.78, 5) is 0.00412. The molecule has 2 aromatic heterocycles. The largest absolute Gasteiger partial charge is 0.495 e. The lowest BCUT2D eigenvalue weighted by atomic mass is 9.97. The Hall–Kier alpha value is -3.28. The molecular weight excluding hydrogens is 482 g/mol. The van der Waals surface area contributed by atoms with Crippen LogP contribution in [-0.2, 0) is 29.5 Å². The molecule has 0 bridgehead atoms. The molecule has 0 amide bonds. The molecule has 1 aliphatic rings. The molecule has 0 spiro atoms. The average molecular weight is 506 g/mol. The number of benzene rings is 2. The number of hydrogen-bond acceptors (Lipinski definition) is 8. The molecule has 0 radical (unpaired) electrons.